The molecule has 2 unspecified atom stereocenters. The van der Waals surface area contributed by atoms with Gasteiger partial charge < -0.3 is 28.5 Å². The molecule has 0 rings (SSSR count). The summed E-state index contributed by atoms with van der Waals surface area (Å²) in [6.45, 7) is 4.85. The van der Waals surface area contributed by atoms with Crippen molar-refractivity contribution in [3.63, 3.8) is 0 Å². The Kier molecular flexibility index (Phi) is 84.1. The molecular weight excluding hydrogens is 1300 g/mol. The van der Waals surface area contributed by atoms with E-state index in [9.17, 15) is 19.5 Å². The number of carboxylic acid groups (broad SMARTS) is 1. The third-order valence-corrected chi connectivity index (χ3v) is 21.3. The maximum absolute atomic E-state index is 13.0. The van der Waals surface area contributed by atoms with Crippen molar-refractivity contribution in [3.8, 4) is 0 Å². The van der Waals surface area contributed by atoms with Gasteiger partial charge in [-0.15, -0.1) is 0 Å². The Morgan fingerprint density at radius 1 is 0.295 bits per heavy atom. The zero-order valence-corrected chi connectivity index (χ0v) is 70.9. The van der Waals surface area contributed by atoms with Gasteiger partial charge >= 0.3 is 17.9 Å². The van der Waals surface area contributed by atoms with Crippen LogP contribution in [-0.2, 0) is 33.3 Å². The molecule has 0 aliphatic rings. The summed E-state index contributed by atoms with van der Waals surface area (Å²) in [7, 11) is 6.01. The number of hydrogen-bond donors (Lipinski definition) is 1. The largest absolute Gasteiger partial charge is 0.477 e. The van der Waals surface area contributed by atoms with E-state index >= 15 is 0 Å². The van der Waals surface area contributed by atoms with Crippen molar-refractivity contribution in [3.05, 3.63) is 60.8 Å². The average molecular weight is 1480 g/mol. The van der Waals surface area contributed by atoms with Crippen LogP contribution < -0.4 is 0 Å². The molecule has 0 aliphatic carbocycles. The number of hydrogen-bond acceptors (Lipinski definition) is 7. The van der Waals surface area contributed by atoms with Crippen LogP contribution in [0, 0.1) is 0 Å². The fraction of sp³-hybridized carbons (Fsp3) is 0.865. The number of carbonyl (C=O) groups excluding carboxylic acids is 2. The highest BCUT2D eigenvalue weighted by Gasteiger charge is 2.25. The molecule has 0 radical (unpaired) electrons. The molecule has 2 atom stereocenters. The summed E-state index contributed by atoms with van der Waals surface area (Å²) in [6.07, 6.45) is 114. The predicted molar refractivity (Wildman–Crippen MR) is 457 cm³/mol. The molecule has 0 spiro atoms. The number of nitrogens with zero attached hydrogens (tertiary/aromatic N) is 1. The van der Waals surface area contributed by atoms with Crippen LogP contribution in [0.15, 0.2) is 60.8 Å². The van der Waals surface area contributed by atoms with Crippen molar-refractivity contribution < 1.29 is 42.9 Å². The van der Waals surface area contributed by atoms with E-state index in [1.54, 1.807) is 0 Å². The second-order valence-corrected chi connectivity index (χ2v) is 32.9. The maximum atomic E-state index is 13.0. The number of likely N-dealkylation sites (N-methyl/N-ethyl adjacent to an activating group) is 1. The van der Waals surface area contributed by atoms with Gasteiger partial charge in [0.05, 0.1) is 34.4 Å². The van der Waals surface area contributed by atoms with E-state index < -0.39 is 18.4 Å². The summed E-state index contributed by atoms with van der Waals surface area (Å²) in [5.74, 6) is -1.97. The van der Waals surface area contributed by atoms with Crippen molar-refractivity contribution in [1.29, 1.82) is 0 Å². The second kappa shape index (κ2) is 86.6. The molecule has 0 aromatic heterocycles. The molecule has 9 nitrogen and oxygen atoms in total. The maximum Gasteiger partial charge on any atom is 0.361 e. The Balaban J connectivity index is 3.87. The van der Waals surface area contributed by atoms with E-state index in [2.05, 4.69) is 74.6 Å². The zero-order chi connectivity index (χ0) is 76.0. The summed E-state index contributed by atoms with van der Waals surface area (Å²) in [4.78, 5) is 37.8. The Hall–Kier alpha value is -3.01. The average Bonchev–Trinajstić information content (AvgIpc) is 1.97. The lowest BCUT2D eigenvalue weighted by Gasteiger charge is -2.25. The lowest BCUT2D eigenvalue weighted by atomic mass is 10.0. The monoisotopic (exact) mass is 1480 g/mol. The van der Waals surface area contributed by atoms with Gasteiger partial charge in [0, 0.05) is 12.8 Å². The van der Waals surface area contributed by atoms with Crippen LogP contribution in [0.1, 0.15) is 476 Å². The van der Waals surface area contributed by atoms with Crippen LogP contribution in [0.3, 0.4) is 0 Å². The van der Waals surface area contributed by atoms with Gasteiger partial charge in [-0.3, -0.25) is 9.59 Å². The number of ether oxygens (including phenoxy) is 4. The highest BCUT2D eigenvalue weighted by atomic mass is 16.7. The van der Waals surface area contributed by atoms with Gasteiger partial charge in [-0.1, -0.05) is 447 Å². The van der Waals surface area contributed by atoms with Crippen LogP contribution in [0.4, 0.5) is 0 Å². The number of quaternary nitrogens is 1. The minimum Gasteiger partial charge on any atom is -0.477 e. The summed E-state index contributed by atoms with van der Waals surface area (Å²) in [5.41, 5.74) is 0. The smallest absolute Gasteiger partial charge is 0.361 e. The van der Waals surface area contributed by atoms with Crippen LogP contribution >= 0.6 is 0 Å². The highest BCUT2D eigenvalue weighted by Crippen LogP contribution is 2.21. The topological polar surface area (TPSA) is 108 Å². The molecule has 9 heteroatoms. The van der Waals surface area contributed by atoms with Gasteiger partial charge in [-0.25, -0.2) is 4.79 Å². The van der Waals surface area contributed by atoms with Crippen molar-refractivity contribution in [2.75, 3.05) is 47.5 Å². The summed E-state index contributed by atoms with van der Waals surface area (Å²) in [6, 6.07) is 0. The van der Waals surface area contributed by atoms with Crippen LogP contribution in [-0.4, -0.2) is 87.4 Å². The number of esters is 2. The number of unbranched alkanes of at least 4 members (excludes halogenated alkanes) is 63. The van der Waals surface area contributed by atoms with Crippen LogP contribution in [0.25, 0.3) is 0 Å². The fourth-order valence-corrected chi connectivity index (χ4v) is 14.2. The predicted octanol–water partition coefficient (Wildman–Crippen LogP) is 30.5. The first-order valence-electron chi connectivity index (χ1n) is 46.5. The van der Waals surface area contributed by atoms with E-state index in [1.807, 2.05) is 21.1 Å². The quantitative estimate of drug-likeness (QED) is 0.0211. The van der Waals surface area contributed by atoms with Gasteiger partial charge in [0.2, 0.25) is 0 Å². The van der Waals surface area contributed by atoms with E-state index in [-0.39, 0.29) is 38.2 Å². The minimum absolute atomic E-state index is 0.175. The molecule has 616 valence electrons. The molecular formula is C96H180NO8+. The molecule has 1 N–H and O–H groups in total. The summed E-state index contributed by atoms with van der Waals surface area (Å²) in [5, 5.41) is 9.80. The van der Waals surface area contributed by atoms with Crippen molar-refractivity contribution in [2.24, 2.45) is 0 Å². The first kappa shape index (κ1) is 102. The van der Waals surface area contributed by atoms with Crippen molar-refractivity contribution in [1.82, 2.24) is 0 Å². The number of rotatable bonds is 88. The number of carbonyl (C=O) groups is 3. The molecule has 105 heavy (non-hydrogen) atoms. The van der Waals surface area contributed by atoms with E-state index in [4.69, 9.17) is 18.9 Å². The molecule has 0 amide bonds. The molecule has 0 heterocycles. The molecule has 0 fully saturated rings. The van der Waals surface area contributed by atoms with Gasteiger partial charge in [0.1, 0.15) is 13.2 Å². The van der Waals surface area contributed by atoms with Crippen molar-refractivity contribution >= 4 is 17.9 Å². The summed E-state index contributed by atoms with van der Waals surface area (Å²) >= 11 is 0. The number of carboxylic acids is 1. The standard InChI is InChI=1S/C96H179NO8/c1-6-8-10-12-14-16-18-20-22-24-26-28-30-32-34-36-38-40-42-44-46-47-49-50-52-54-56-58-60-62-64-66-68-70-72-74-76-78-80-82-84-86-93(98)103-90-92(91-104-96(95(100)101)102-89-88-97(3,4)5)105-94(99)87-85-83-81-79-77-75-73-71-69-67-65-63-61-59-57-55-53-51-48-45-43-41-39-37-35-33-31-29-27-25-23-21-19-17-15-13-11-9-7-2/h9,11,15,17,21,23-24,26-27,29,92,96H,6-8,10,12-14,16,18-20,22,25,28,30-91H2,1-5H3/p+1/b11-9-,17-15-,23-21-,26-24-,29-27-. The third-order valence-electron chi connectivity index (χ3n) is 21.3. The molecule has 0 saturated heterocycles. The minimum atomic E-state index is -1.51. The number of allylic oxidation sites excluding steroid dienone is 10. The zero-order valence-electron chi connectivity index (χ0n) is 70.9. The first-order valence-corrected chi connectivity index (χ1v) is 46.5. The molecule has 0 saturated carbocycles. The normalized spacial score (nSPS) is 12.8. The van der Waals surface area contributed by atoms with Gasteiger partial charge in [0.25, 0.3) is 6.29 Å². The number of aliphatic carboxylic acids is 1. The molecule has 0 aliphatic heterocycles. The Bertz CT molecular complexity index is 1920. The Labute approximate surface area is 654 Å². The third kappa shape index (κ3) is 88.1. The van der Waals surface area contributed by atoms with E-state index in [0.717, 1.165) is 64.2 Å². The van der Waals surface area contributed by atoms with Crippen LogP contribution in [0.2, 0.25) is 0 Å². The van der Waals surface area contributed by atoms with E-state index in [1.165, 1.54) is 385 Å². The lowest BCUT2D eigenvalue weighted by Crippen LogP contribution is -2.40. The summed E-state index contributed by atoms with van der Waals surface area (Å²) < 4.78 is 23.1. The molecule has 0 aromatic carbocycles. The van der Waals surface area contributed by atoms with Crippen molar-refractivity contribution in [2.45, 2.75) is 489 Å². The molecule has 0 bridgehead atoms. The Morgan fingerprint density at radius 2 is 0.543 bits per heavy atom. The lowest BCUT2D eigenvalue weighted by molar-refractivity contribution is -0.870. The SMILES string of the molecule is CC/C=C\C/C=C\C/C=C\C/C=C\CCCCCCCCCCCCCCCCCCCCCCCCCCCCC(=O)OC(COC(=O)CCCCCCCCCCCCCCCCCCCCCCCCCCCCCCC/C=C\CCCCCCCCCC)COC(OCC[N+](C)(C)C)C(=O)O. The second-order valence-electron chi connectivity index (χ2n) is 32.9. The highest BCUT2D eigenvalue weighted by molar-refractivity contribution is 5.71. The first-order chi connectivity index (χ1) is 51.6. The molecule has 0 aromatic rings. The Morgan fingerprint density at radius 3 is 0.819 bits per heavy atom. The van der Waals surface area contributed by atoms with Gasteiger partial charge in [-0.05, 0) is 77.0 Å². The van der Waals surface area contributed by atoms with E-state index in [0.29, 0.717) is 17.4 Å². The van der Waals surface area contributed by atoms with Gasteiger partial charge in [0.15, 0.2) is 6.10 Å². The van der Waals surface area contributed by atoms with Gasteiger partial charge in [-0.2, -0.15) is 0 Å². The fourth-order valence-electron chi connectivity index (χ4n) is 14.2. The van der Waals surface area contributed by atoms with Crippen LogP contribution in [0.5, 0.6) is 0 Å².